The molecule has 0 amide bonds. The molecule has 2 saturated heterocycles. The smallest absolute Gasteiger partial charge is 0.362 e. The van der Waals surface area contributed by atoms with Crippen LogP contribution in [0.4, 0.5) is 0 Å². The van der Waals surface area contributed by atoms with E-state index in [-0.39, 0.29) is 23.1 Å². The lowest BCUT2D eigenvalue weighted by atomic mass is 9.31. The van der Waals surface area contributed by atoms with Crippen LogP contribution in [0, 0.1) is 50.7 Å². The molecule has 5 nitrogen and oxygen atoms in total. The maximum atomic E-state index is 13.3. The predicted octanol–water partition coefficient (Wildman–Crippen LogP) is 7.18. The fourth-order valence-corrected chi connectivity index (χ4v) is 12.9. The Morgan fingerprint density at radius 1 is 0.833 bits per heavy atom. The Morgan fingerprint density at radius 3 is 2.19 bits per heavy atom. The van der Waals surface area contributed by atoms with Gasteiger partial charge in [0.1, 0.15) is 6.10 Å². The van der Waals surface area contributed by atoms with Crippen LogP contribution in [0.5, 0.6) is 0 Å². The molecule has 0 radical (unpaired) electrons. The number of hydrogen-bond acceptors (Lipinski definition) is 4. The first kappa shape index (κ1) is 31.3. The molecule has 4 saturated carbocycles. The lowest BCUT2D eigenvalue weighted by Crippen LogP contribution is -2.77. The minimum atomic E-state index is -0.0126. The lowest BCUT2D eigenvalue weighted by Gasteiger charge is -2.77. The zero-order valence-corrected chi connectivity index (χ0v) is 29.3. The number of nitrogens with zero attached hydrogens (tertiary/aromatic N) is 2. The largest absolute Gasteiger partial charge is 0.458 e. The van der Waals surface area contributed by atoms with Crippen molar-refractivity contribution in [3.63, 3.8) is 0 Å². The molecule has 4 unspecified atom stereocenters. The molecule has 6 rings (SSSR count). The van der Waals surface area contributed by atoms with Gasteiger partial charge in [-0.15, -0.1) is 0 Å². The van der Waals surface area contributed by atoms with E-state index < -0.39 is 0 Å². The molecular weight excluding hydrogens is 520 g/mol. The van der Waals surface area contributed by atoms with Crippen molar-refractivity contribution >= 4 is 5.97 Å². The van der Waals surface area contributed by atoms with Gasteiger partial charge in [-0.25, -0.2) is 4.79 Å². The van der Waals surface area contributed by atoms with E-state index >= 15 is 0 Å². The van der Waals surface area contributed by atoms with E-state index in [0.717, 1.165) is 37.3 Å². The van der Waals surface area contributed by atoms with Crippen molar-refractivity contribution in [3.8, 4) is 0 Å². The molecule has 2 aliphatic heterocycles. The summed E-state index contributed by atoms with van der Waals surface area (Å²) in [4.78, 5) is 15.5. The molecule has 42 heavy (non-hydrogen) atoms. The maximum Gasteiger partial charge on any atom is 0.362 e. The van der Waals surface area contributed by atoms with Crippen molar-refractivity contribution in [2.45, 2.75) is 130 Å². The summed E-state index contributed by atoms with van der Waals surface area (Å²) >= 11 is 0. The van der Waals surface area contributed by atoms with E-state index in [9.17, 15) is 4.79 Å². The molecule has 2 heterocycles. The first-order valence-corrected chi connectivity index (χ1v) is 17.7. The highest BCUT2D eigenvalue weighted by molar-refractivity contribution is 5.70. The minimum absolute atomic E-state index is 0.00199. The number of ether oxygens (including phenoxy) is 2. The lowest BCUT2D eigenvalue weighted by molar-refractivity contribution is -0.882. The number of carbonyl (C=O) groups is 1. The SMILES string of the molecule is CN(C)CC[N+](C)(C)CC(=O)O[C@H]1CC[C@@]2(C)C(CC[C@]3(C)C2CCC2C4[C@@H]5O[C@@]4(CCC5(C)C)CC[C@]23C)C1(C)C. The molecule has 0 aromatic rings. The Labute approximate surface area is 258 Å². The Balaban J connectivity index is 1.19. The van der Waals surface area contributed by atoms with E-state index in [4.69, 9.17) is 9.47 Å². The molecule has 5 heteroatoms. The Bertz CT molecular complexity index is 1080. The molecule has 4 aliphatic carbocycles. The third-order valence-electron chi connectivity index (χ3n) is 15.6. The Hall–Kier alpha value is -0.650. The van der Waals surface area contributed by atoms with Crippen molar-refractivity contribution in [2.75, 3.05) is 47.8 Å². The van der Waals surface area contributed by atoms with Gasteiger partial charge in [-0.3, -0.25) is 0 Å². The van der Waals surface area contributed by atoms with Gasteiger partial charge in [-0.1, -0.05) is 48.5 Å². The van der Waals surface area contributed by atoms with E-state index in [2.05, 4.69) is 81.6 Å². The number of esters is 1. The molecule has 1 spiro atoms. The topological polar surface area (TPSA) is 38.8 Å². The van der Waals surface area contributed by atoms with Crippen molar-refractivity contribution in [3.05, 3.63) is 0 Å². The summed E-state index contributed by atoms with van der Waals surface area (Å²) in [5.74, 6) is 2.93. The van der Waals surface area contributed by atoms with Crippen LogP contribution in [0.1, 0.15) is 113 Å². The molecule has 2 bridgehead atoms. The van der Waals surface area contributed by atoms with Crippen LogP contribution in [-0.4, -0.2) is 81.0 Å². The third-order valence-corrected chi connectivity index (χ3v) is 15.6. The fourth-order valence-electron chi connectivity index (χ4n) is 12.9. The zero-order chi connectivity index (χ0) is 30.7. The van der Waals surface area contributed by atoms with Crippen LogP contribution in [-0.2, 0) is 14.3 Å². The average molecular weight is 586 g/mol. The molecule has 0 aromatic heterocycles. The molecule has 0 aromatic carbocycles. The van der Waals surface area contributed by atoms with Crippen molar-refractivity contribution < 1.29 is 18.8 Å². The second-order valence-corrected chi connectivity index (χ2v) is 19.2. The molecule has 6 fully saturated rings. The fraction of sp³-hybridized carbons (Fsp3) is 0.973. The van der Waals surface area contributed by atoms with Crippen molar-refractivity contribution in [1.82, 2.24) is 4.90 Å². The number of rotatable bonds is 6. The number of likely N-dealkylation sites (N-methyl/N-ethyl adjacent to an activating group) is 2. The quantitative estimate of drug-likeness (QED) is 0.245. The summed E-state index contributed by atoms with van der Waals surface area (Å²) in [5.41, 5.74) is 1.63. The summed E-state index contributed by atoms with van der Waals surface area (Å²) in [6, 6.07) is 0. The van der Waals surface area contributed by atoms with Gasteiger partial charge >= 0.3 is 5.97 Å². The van der Waals surface area contributed by atoms with Crippen LogP contribution < -0.4 is 0 Å². The number of carbonyl (C=O) groups excluding carboxylic acids is 1. The monoisotopic (exact) mass is 585 g/mol. The van der Waals surface area contributed by atoms with Crippen molar-refractivity contribution in [2.24, 2.45) is 50.7 Å². The van der Waals surface area contributed by atoms with Gasteiger partial charge in [0, 0.05) is 17.9 Å². The second kappa shape index (κ2) is 9.68. The predicted molar refractivity (Wildman–Crippen MR) is 170 cm³/mol. The van der Waals surface area contributed by atoms with Crippen LogP contribution in [0.2, 0.25) is 0 Å². The normalized spacial score (nSPS) is 48.7. The van der Waals surface area contributed by atoms with Crippen LogP contribution in [0.3, 0.4) is 0 Å². The standard InChI is InChI=1S/C37H65N2O3/c1-32(2)18-20-37-21-19-35(6)25(30(37)31(32)42-37)12-13-27-34(5)16-15-28(33(3,4)26(34)14-17-36(27,35)7)41-29(40)24-39(10,11)23-22-38(8)9/h25-28,30-31H,12-24H2,1-11H3/q+1/t25?,26?,27?,28-,30?,31-,34-,35+,36+,37-/m0/s1. The molecular formula is C37H65N2O3+. The number of hydrogen-bond donors (Lipinski definition) is 0. The van der Waals surface area contributed by atoms with E-state index in [0.29, 0.717) is 44.7 Å². The van der Waals surface area contributed by atoms with Gasteiger partial charge < -0.3 is 18.9 Å². The van der Waals surface area contributed by atoms with Crippen molar-refractivity contribution in [1.29, 1.82) is 0 Å². The highest BCUT2D eigenvalue weighted by atomic mass is 16.5. The zero-order valence-electron chi connectivity index (χ0n) is 29.3. The minimum Gasteiger partial charge on any atom is -0.458 e. The summed E-state index contributed by atoms with van der Waals surface area (Å²) in [7, 11) is 8.51. The number of fused-ring (bicyclic) bond motifs is 8. The first-order chi connectivity index (χ1) is 19.3. The third kappa shape index (κ3) is 4.35. The van der Waals surface area contributed by atoms with Crippen LogP contribution >= 0.6 is 0 Å². The van der Waals surface area contributed by atoms with Gasteiger partial charge in [-0.05, 0) is 118 Å². The van der Waals surface area contributed by atoms with E-state index in [1.165, 1.54) is 57.8 Å². The highest BCUT2D eigenvalue weighted by Gasteiger charge is 2.75. The van der Waals surface area contributed by atoms with Crippen LogP contribution in [0.15, 0.2) is 0 Å². The summed E-state index contributed by atoms with van der Waals surface area (Å²) < 4.78 is 13.9. The molecule has 6 aliphatic rings. The van der Waals surface area contributed by atoms with E-state index in [1.54, 1.807) is 0 Å². The van der Waals surface area contributed by atoms with Gasteiger partial charge in [0.2, 0.25) is 0 Å². The average Bonchev–Trinajstić information content (AvgIpc) is 2.85. The Kier molecular flexibility index (Phi) is 7.22. The maximum absolute atomic E-state index is 13.3. The molecule has 10 atom stereocenters. The van der Waals surface area contributed by atoms with Gasteiger partial charge in [-0.2, -0.15) is 0 Å². The Morgan fingerprint density at radius 2 is 1.52 bits per heavy atom. The van der Waals surface area contributed by atoms with Gasteiger partial charge in [0.05, 0.1) is 32.3 Å². The number of quaternary nitrogens is 1. The summed E-state index contributed by atoms with van der Waals surface area (Å²) in [6.45, 7) is 20.3. The second-order valence-electron chi connectivity index (χ2n) is 19.2. The molecule has 240 valence electrons. The van der Waals surface area contributed by atoms with Gasteiger partial charge in [0.15, 0.2) is 6.54 Å². The first-order valence-electron chi connectivity index (χ1n) is 17.7. The summed E-state index contributed by atoms with van der Waals surface area (Å²) in [6.07, 6.45) is 13.3. The molecule has 0 N–H and O–H groups in total. The van der Waals surface area contributed by atoms with Gasteiger partial charge in [0.25, 0.3) is 0 Å². The van der Waals surface area contributed by atoms with Crippen LogP contribution in [0.25, 0.3) is 0 Å². The highest BCUT2D eigenvalue weighted by Crippen LogP contribution is 2.78. The van der Waals surface area contributed by atoms with E-state index in [1.807, 2.05) is 0 Å². The summed E-state index contributed by atoms with van der Waals surface area (Å²) in [5, 5.41) is 0.